The number of hydrogen-bond acceptors (Lipinski definition) is 3. The molecule has 0 aromatic carbocycles. The molecule has 0 atom stereocenters. The van der Waals surface area contributed by atoms with Crippen molar-refractivity contribution >= 4 is 11.6 Å². The number of hydrogen-bond donors (Lipinski definition) is 1. The van der Waals surface area contributed by atoms with Gasteiger partial charge in [-0.05, 0) is 13.8 Å². The summed E-state index contributed by atoms with van der Waals surface area (Å²) in [4.78, 5) is 0. The lowest BCUT2D eigenvalue weighted by Crippen LogP contribution is -2.32. The van der Waals surface area contributed by atoms with E-state index in [0.29, 0.717) is 31.3 Å². The summed E-state index contributed by atoms with van der Waals surface area (Å²) in [5.74, 6) is 0. The molecule has 1 N–H and O–H groups in total. The zero-order chi connectivity index (χ0) is 10.1. The molecule has 0 aliphatic carbocycles. The molecule has 0 aliphatic rings. The maximum absolute atomic E-state index is 5.58. The van der Waals surface area contributed by atoms with Gasteiger partial charge in [-0.15, -0.1) is 0 Å². The highest BCUT2D eigenvalue weighted by Crippen LogP contribution is 1.96. The van der Waals surface area contributed by atoms with Gasteiger partial charge in [0.15, 0.2) is 6.29 Å². The summed E-state index contributed by atoms with van der Waals surface area (Å²) >= 11 is 5.58. The number of nitrogens with one attached hydrogen (secondary N) is 1. The molecule has 0 saturated carbocycles. The molecule has 0 spiro atoms. The van der Waals surface area contributed by atoms with E-state index in [9.17, 15) is 0 Å². The molecular weight excluding hydrogens is 190 g/mol. The maximum atomic E-state index is 5.58. The van der Waals surface area contributed by atoms with Crippen LogP contribution < -0.4 is 5.32 Å². The monoisotopic (exact) mass is 207 g/mol. The predicted molar refractivity (Wildman–Crippen MR) is 54.9 cm³/mol. The van der Waals surface area contributed by atoms with Crippen LogP contribution in [0.5, 0.6) is 0 Å². The second kappa shape index (κ2) is 8.51. The van der Waals surface area contributed by atoms with Crippen molar-refractivity contribution in [2.45, 2.75) is 20.1 Å². The smallest absolute Gasteiger partial charge is 0.169 e. The van der Waals surface area contributed by atoms with Crippen LogP contribution in [0.1, 0.15) is 13.8 Å². The lowest BCUT2D eigenvalue weighted by molar-refractivity contribution is -0.132. The zero-order valence-corrected chi connectivity index (χ0v) is 9.06. The largest absolute Gasteiger partial charge is 0.352 e. The van der Waals surface area contributed by atoms with Crippen molar-refractivity contribution in [3.63, 3.8) is 0 Å². The fourth-order valence-corrected chi connectivity index (χ4v) is 0.958. The Bertz CT molecular complexity index is 136. The first kappa shape index (κ1) is 12.9. The van der Waals surface area contributed by atoms with Crippen molar-refractivity contribution < 1.29 is 9.47 Å². The third-order valence-electron chi connectivity index (χ3n) is 1.33. The van der Waals surface area contributed by atoms with Gasteiger partial charge in [0.25, 0.3) is 0 Å². The van der Waals surface area contributed by atoms with Gasteiger partial charge in [0.1, 0.15) is 0 Å². The van der Waals surface area contributed by atoms with Crippen molar-refractivity contribution in [3.8, 4) is 0 Å². The van der Waals surface area contributed by atoms with Crippen LogP contribution in [0.25, 0.3) is 0 Å². The Morgan fingerprint density at radius 1 is 1.38 bits per heavy atom. The number of halogens is 1. The Labute approximate surface area is 85.0 Å². The van der Waals surface area contributed by atoms with Gasteiger partial charge in [-0.2, -0.15) is 0 Å². The van der Waals surface area contributed by atoms with Gasteiger partial charge in [-0.25, -0.2) is 0 Å². The average Bonchev–Trinajstić information content (AvgIpc) is 2.04. The van der Waals surface area contributed by atoms with Gasteiger partial charge in [0.2, 0.25) is 0 Å². The number of rotatable bonds is 8. The van der Waals surface area contributed by atoms with E-state index < -0.39 is 0 Å². The van der Waals surface area contributed by atoms with Gasteiger partial charge in [-0.3, -0.25) is 0 Å². The Morgan fingerprint density at radius 2 is 1.92 bits per heavy atom. The van der Waals surface area contributed by atoms with E-state index in [2.05, 4.69) is 11.9 Å². The molecule has 0 amide bonds. The molecule has 0 bridgehead atoms. The van der Waals surface area contributed by atoms with Crippen LogP contribution in [0.15, 0.2) is 11.6 Å². The SMILES string of the molecule is C=C(Cl)CNCC(OCC)OCC. The van der Waals surface area contributed by atoms with Crippen LogP contribution in [0.2, 0.25) is 0 Å². The minimum Gasteiger partial charge on any atom is -0.352 e. The van der Waals surface area contributed by atoms with Gasteiger partial charge in [-0.1, -0.05) is 18.2 Å². The molecule has 0 saturated heterocycles. The molecule has 0 radical (unpaired) electrons. The standard InChI is InChI=1S/C9H18ClNO2/c1-4-12-9(13-5-2)7-11-6-8(3)10/h9,11H,3-7H2,1-2H3. The summed E-state index contributed by atoms with van der Waals surface area (Å²) in [7, 11) is 0. The van der Waals surface area contributed by atoms with Crippen LogP contribution >= 0.6 is 11.6 Å². The molecule has 0 aliphatic heterocycles. The molecular formula is C9H18ClNO2. The minimum atomic E-state index is -0.189. The summed E-state index contributed by atoms with van der Waals surface area (Å²) in [6.07, 6.45) is -0.189. The first-order valence-corrected chi connectivity index (χ1v) is 4.85. The Morgan fingerprint density at radius 3 is 2.31 bits per heavy atom. The van der Waals surface area contributed by atoms with Crippen LogP contribution in [0.4, 0.5) is 0 Å². The molecule has 78 valence electrons. The molecule has 3 nitrogen and oxygen atoms in total. The van der Waals surface area contributed by atoms with E-state index in [0.717, 1.165) is 0 Å². The summed E-state index contributed by atoms with van der Waals surface area (Å²) in [6.45, 7) is 9.95. The highest BCUT2D eigenvalue weighted by atomic mass is 35.5. The molecule has 0 aromatic heterocycles. The molecule has 13 heavy (non-hydrogen) atoms. The molecule has 0 heterocycles. The van der Waals surface area contributed by atoms with E-state index in [1.54, 1.807) is 0 Å². The molecule has 0 aromatic rings. The van der Waals surface area contributed by atoms with Gasteiger partial charge in [0.05, 0.1) is 0 Å². The second-order valence-electron chi connectivity index (χ2n) is 2.49. The molecule has 4 heteroatoms. The normalized spacial score (nSPS) is 10.8. The van der Waals surface area contributed by atoms with Crippen LogP contribution in [0, 0.1) is 0 Å². The van der Waals surface area contributed by atoms with E-state index >= 15 is 0 Å². The van der Waals surface area contributed by atoms with Crippen molar-refractivity contribution in [3.05, 3.63) is 11.6 Å². The van der Waals surface area contributed by atoms with Crippen molar-refractivity contribution in [2.24, 2.45) is 0 Å². The fourth-order valence-electron chi connectivity index (χ4n) is 0.863. The highest BCUT2D eigenvalue weighted by Gasteiger charge is 2.06. The minimum absolute atomic E-state index is 0.189. The molecule has 0 rings (SSSR count). The number of ether oxygens (including phenoxy) is 2. The van der Waals surface area contributed by atoms with Crippen LogP contribution in [0.3, 0.4) is 0 Å². The summed E-state index contributed by atoms with van der Waals surface area (Å²) < 4.78 is 10.6. The Kier molecular flexibility index (Phi) is 8.45. The van der Waals surface area contributed by atoms with Crippen LogP contribution in [-0.2, 0) is 9.47 Å². The lowest BCUT2D eigenvalue weighted by atomic mass is 10.5. The quantitative estimate of drug-likeness (QED) is 0.615. The van der Waals surface area contributed by atoms with E-state index in [1.165, 1.54) is 0 Å². The average molecular weight is 208 g/mol. The van der Waals surface area contributed by atoms with Crippen molar-refractivity contribution in [2.75, 3.05) is 26.3 Å². The summed E-state index contributed by atoms with van der Waals surface area (Å²) in [5, 5.41) is 3.66. The predicted octanol–water partition coefficient (Wildman–Crippen LogP) is 1.73. The third kappa shape index (κ3) is 8.25. The first-order valence-electron chi connectivity index (χ1n) is 4.47. The zero-order valence-electron chi connectivity index (χ0n) is 8.31. The third-order valence-corrected chi connectivity index (χ3v) is 1.47. The summed E-state index contributed by atoms with van der Waals surface area (Å²) in [6, 6.07) is 0. The van der Waals surface area contributed by atoms with Crippen LogP contribution in [-0.4, -0.2) is 32.6 Å². The maximum Gasteiger partial charge on any atom is 0.169 e. The topological polar surface area (TPSA) is 30.5 Å². The molecule has 0 unspecified atom stereocenters. The summed E-state index contributed by atoms with van der Waals surface area (Å²) in [5.41, 5.74) is 0. The Hall–Kier alpha value is -0.0900. The van der Waals surface area contributed by atoms with E-state index in [4.69, 9.17) is 21.1 Å². The second-order valence-corrected chi connectivity index (χ2v) is 3.02. The van der Waals surface area contributed by atoms with Crippen molar-refractivity contribution in [1.82, 2.24) is 5.32 Å². The first-order chi connectivity index (χ1) is 6.20. The van der Waals surface area contributed by atoms with Gasteiger partial charge in [0, 0.05) is 31.3 Å². The van der Waals surface area contributed by atoms with Gasteiger partial charge >= 0.3 is 0 Å². The Balaban J connectivity index is 3.49. The fraction of sp³-hybridized carbons (Fsp3) is 0.778. The van der Waals surface area contributed by atoms with Gasteiger partial charge < -0.3 is 14.8 Å². The lowest BCUT2D eigenvalue weighted by Gasteiger charge is -2.17. The van der Waals surface area contributed by atoms with E-state index in [-0.39, 0.29) is 6.29 Å². The highest BCUT2D eigenvalue weighted by molar-refractivity contribution is 6.29. The van der Waals surface area contributed by atoms with E-state index in [1.807, 2.05) is 13.8 Å². The molecule has 0 fully saturated rings. The van der Waals surface area contributed by atoms with Crippen molar-refractivity contribution in [1.29, 1.82) is 0 Å².